The first kappa shape index (κ1) is 8.72. The molecule has 1 heterocycles. The topological polar surface area (TPSA) is 6.48 Å². The first-order valence-corrected chi connectivity index (χ1v) is 3.84. The van der Waals surface area contributed by atoms with Crippen molar-refractivity contribution in [1.82, 2.24) is 9.80 Å². The van der Waals surface area contributed by atoms with Gasteiger partial charge in [-0.05, 0) is 0 Å². The molecule has 0 aromatic heterocycles. The molecule has 0 N–H and O–H groups in total. The van der Waals surface area contributed by atoms with E-state index in [-0.39, 0.29) is 0 Å². The number of hydrogen-bond acceptors (Lipinski definition) is 2. The zero-order chi connectivity index (χ0) is 8.27. The molecule has 1 atom stereocenters. The molecule has 1 aliphatic heterocycles. The fourth-order valence-corrected chi connectivity index (χ4v) is 1.27. The number of rotatable bonds is 1. The van der Waals surface area contributed by atoms with E-state index in [1.54, 1.807) is 0 Å². The van der Waals surface area contributed by atoms with E-state index in [1.807, 2.05) is 16.8 Å². The molecule has 0 bridgehead atoms. The quantitative estimate of drug-likeness (QED) is 0.471. The average molecular weight is 155 g/mol. The minimum absolute atomic E-state index is 0.431. The van der Waals surface area contributed by atoms with Gasteiger partial charge in [-0.2, -0.15) is 0 Å². The van der Waals surface area contributed by atoms with E-state index in [0.717, 1.165) is 13.1 Å². The van der Waals surface area contributed by atoms with E-state index in [4.69, 9.17) is 7.49 Å². The normalized spacial score (nSPS) is 28.1. The molecule has 1 rings (SSSR count). The molecular formula is C7H13BFN2. The Hall–Kier alpha value is -0.375. The van der Waals surface area contributed by atoms with Crippen molar-refractivity contribution in [2.24, 2.45) is 0 Å². The van der Waals surface area contributed by atoms with Crippen LogP contribution >= 0.6 is 0 Å². The van der Waals surface area contributed by atoms with Crippen LogP contribution in [0.4, 0.5) is 4.39 Å². The molecule has 61 valence electrons. The summed E-state index contributed by atoms with van der Waals surface area (Å²) in [6.07, 6.45) is 0.688. The Balaban J connectivity index is 2.45. The van der Waals surface area contributed by atoms with Crippen molar-refractivity contribution in [3.05, 3.63) is 0 Å². The van der Waals surface area contributed by atoms with Gasteiger partial charge in [-0.3, -0.25) is 0 Å². The summed E-state index contributed by atoms with van der Waals surface area (Å²) >= 11 is 0. The van der Waals surface area contributed by atoms with Crippen molar-refractivity contribution in [2.75, 3.05) is 33.2 Å². The van der Waals surface area contributed by atoms with E-state index in [0.29, 0.717) is 13.1 Å². The SMILES string of the molecule is [B]=CN1CCN(C)CC(F)C1. The van der Waals surface area contributed by atoms with Crippen molar-refractivity contribution in [2.45, 2.75) is 6.17 Å². The van der Waals surface area contributed by atoms with Crippen LogP contribution < -0.4 is 0 Å². The maximum absolute atomic E-state index is 13.0. The average Bonchev–Trinajstić information content (AvgIpc) is 2.11. The van der Waals surface area contributed by atoms with Gasteiger partial charge < -0.3 is 0 Å². The predicted octanol–water partition coefficient (Wildman–Crippen LogP) is -0.500. The number of nitrogens with zero attached hydrogens (tertiary/aromatic N) is 2. The minimum atomic E-state index is -0.776. The Kier molecular flexibility index (Phi) is 3.06. The molecule has 0 aliphatic carbocycles. The van der Waals surface area contributed by atoms with Crippen LogP contribution in [0.15, 0.2) is 0 Å². The Morgan fingerprint density at radius 3 is 2.82 bits per heavy atom. The summed E-state index contributed by atoms with van der Waals surface area (Å²) < 4.78 is 13.0. The Morgan fingerprint density at radius 1 is 1.45 bits per heavy atom. The van der Waals surface area contributed by atoms with Gasteiger partial charge in [-0.15, -0.1) is 0 Å². The first-order chi connectivity index (χ1) is 5.22. The van der Waals surface area contributed by atoms with Crippen LogP contribution in [-0.4, -0.2) is 62.8 Å². The van der Waals surface area contributed by atoms with E-state index in [9.17, 15) is 4.39 Å². The summed E-state index contributed by atoms with van der Waals surface area (Å²) in [4.78, 5) is 3.79. The molecule has 4 heteroatoms. The van der Waals surface area contributed by atoms with Gasteiger partial charge in [0.25, 0.3) is 0 Å². The van der Waals surface area contributed by atoms with Gasteiger partial charge in [0.2, 0.25) is 0 Å². The fourth-order valence-electron chi connectivity index (χ4n) is 1.27. The molecule has 0 amide bonds. The summed E-state index contributed by atoms with van der Waals surface area (Å²) in [6, 6.07) is 0. The molecule has 0 aromatic carbocycles. The van der Waals surface area contributed by atoms with Crippen LogP contribution in [-0.2, 0) is 0 Å². The first-order valence-electron chi connectivity index (χ1n) is 3.84. The van der Waals surface area contributed by atoms with Crippen LogP contribution in [0, 0.1) is 0 Å². The molecule has 1 fully saturated rings. The van der Waals surface area contributed by atoms with E-state index in [2.05, 4.69) is 0 Å². The van der Waals surface area contributed by atoms with Crippen molar-refractivity contribution in [3.63, 3.8) is 0 Å². The molecule has 1 radical (unpaired) electrons. The summed E-state index contributed by atoms with van der Waals surface area (Å²) in [6.45, 7) is 2.66. The molecular weight excluding hydrogens is 142 g/mol. The molecule has 0 saturated carbocycles. The molecule has 1 saturated heterocycles. The van der Waals surface area contributed by atoms with Gasteiger partial charge in [0, 0.05) is 0 Å². The summed E-state index contributed by atoms with van der Waals surface area (Å²) in [5.41, 5.74) is 0. The Bertz CT molecular complexity index is 142. The second-order valence-corrected chi connectivity index (χ2v) is 3.00. The van der Waals surface area contributed by atoms with Crippen molar-refractivity contribution >= 4 is 13.6 Å². The zero-order valence-electron chi connectivity index (χ0n) is 6.83. The molecule has 1 unspecified atom stereocenters. The number of halogens is 1. The number of likely N-dealkylation sites (N-methyl/N-ethyl adjacent to an activating group) is 1. The second kappa shape index (κ2) is 3.86. The van der Waals surface area contributed by atoms with Gasteiger partial charge in [0.15, 0.2) is 0 Å². The monoisotopic (exact) mass is 155 g/mol. The second-order valence-electron chi connectivity index (χ2n) is 3.00. The maximum atomic E-state index is 13.0. The van der Waals surface area contributed by atoms with Crippen LogP contribution in [0.1, 0.15) is 0 Å². The van der Waals surface area contributed by atoms with E-state index < -0.39 is 6.17 Å². The van der Waals surface area contributed by atoms with Gasteiger partial charge in [-0.1, -0.05) is 0 Å². The molecule has 2 nitrogen and oxygen atoms in total. The number of hydrogen-bond donors (Lipinski definition) is 0. The Labute approximate surface area is 68.0 Å². The van der Waals surface area contributed by atoms with E-state index >= 15 is 0 Å². The zero-order valence-corrected chi connectivity index (χ0v) is 6.83. The van der Waals surface area contributed by atoms with Crippen molar-refractivity contribution in [1.29, 1.82) is 0 Å². The third kappa shape index (κ3) is 2.62. The third-order valence-corrected chi connectivity index (χ3v) is 1.92. The van der Waals surface area contributed by atoms with Crippen molar-refractivity contribution < 1.29 is 4.39 Å². The molecule has 1 aliphatic rings. The third-order valence-electron chi connectivity index (χ3n) is 1.92. The molecule has 0 spiro atoms. The van der Waals surface area contributed by atoms with Gasteiger partial charge in [0.05, 0.1) is 0 Å². The van der Waals surface area contributed by atoms with Crippen LogP contribution in [0.25, 0.3) is 0 Å². The predicted molar refractivity (Wildman–Crippen MR) is 45.8 cm³/mol. The summed E-state index contributed by atoms with van der Waals surface area (Å²) in [5, 5.41) is 0. The summed E-state index contributed by atoms with van der Waals surface area (Å²) in [7, 11) is 7.22. The van der Waals surface area contributed by atoms with E-state index in [1.165, 1.54) is 6.09 Å². The standard InChI is InChI=1S/C7H13BFN2/c1-10-2-3-11(6-8)5-7(9)4-10/h6-7H,2-5H2,1H3. The Morgan fingerprint density at radius 2 is 2.18 bits per heavy atom. The van der Waals surface area contributed by atoms with Crippen LogP contribution in [0.2, 0.25) is 0 Å². The molecule has 11 heavy (non-hydrogen) atoms. The fraction of sp³-hybridized carbons (Fsp3) is 0.857. The molecule has 0 aromatic rings. The van der Waals surface area contributed by atoms with Gasteiger partial charge >= 0.3 is 67.2 Å². The van der Waals surface area contributed by atoms with Crippen molar-refractivity contribution in [3.8, 4) is 0 Å². The summed E-state index contributed by atoms with van der Waals surface area (Å²) in [5.74, 6) is 0. The van der Waals surface area contributed by atoms with Gasteiger partial charge in [0.1, 0.15) is 0 Å². The van der Waals surface area contributed by atoms with Gasteiger partial charge in [-0.25, -0.2) is 0 Å². The van der Waals surface area contributed by atoms with Crippen LogP contribution in [0.3, 0.4) is 0 Å². The van der Waals surface area contributed by atoms with Crippen LogP contribution in [0.5, 0.6) is 0 Å². The number of alkyl halides is 1.